The molecule has 90 valence electrons. The Morgan fingerprint density at radius 1 is 1.41 bits per heavy atom. The zero-order chi connectivity index (χ0) is 12.3. The van der Waals surface area contributed by atoms with Gasteiger partial charge in [0.05, 0.1) is 0 Å². The SMILES string of the molecule is CNCc1cccc(C(O)c2cc(Br)cs2)c1. The van der Waals surface area contributed by atoms with Crippen molar-refractivity contribution in [3.05, 3.63) is 56.2 Å². The van der Waals surface area contributed by atoms with Gasteiger partial charge in [-0.3, -0.25) is 0 Å². The summed E-state index contributed by atoms with van der Waals surface area (Å²) in [5.74, 6) is 0. The van der Waals surface area contributed by atoms with E-state index in [4.69, 9.17) is 0 Å². The van der Waals surface area contributed by atoms with Crippen LogP contribution in [0.1, 0.15) is 22.1 Å². The van der Waals surface area contributed by atoms with E-state index in [1.165, 1.54) is 5.56 Å². The fourth-order valence-corrected chi connectivity index (χ4v) is 3.17. The lowest BCUT2D eigenvalue weighted by Crippen LogP contribution is -2.06. The maximum atomic E-state index is 10.3. The first-order chi connectivity index (χ1) is 8.20. The molecule has 0 aliphatic carbocycles. The number of nitrogens with one attached hydrogen (secondary N) is 1. The highest BCUT2D eigenvalue weighted by Gasteiger charge is 2.12. The molecule has 2 N–H and O–H groups in total. The topological polar surface area (TPSA) is 32.3 Å². The smallest absolute Gasteiger partial charge is 0.113 e. The number of hydrogen-bond acceptors (Lipinski definition) is 3. The Kier molecular flexibility index (Phi) is 4.34. The minimum atomic E-state index is -0.539. The number of halogens is 1. The minimum Gasteiger partial charge on any atom is -0.383 e. The average Bonchev–Trinajstić information content (AvgIpc) is 2.76. The summed E-state index contributed by atoms with van der Waals surface area (Å²) in [6.45, 7) is 0.814. The first kappa shape index (κ1) is 12.8. The second-order valence-corrected chi connectivity index (χ2v) is 5.70. The summed E-state index contributed by atoms with van der Waals surface area (Å²) < 4.78 is 1.02. The van der Waals surface area contributed by atoms with Gasteiger partial charge in [0.25, 0.3) is 0 Å². The number of aliphatic hydroxyl groups excluding tert-OH is 1. The highest BCUT2D eigenvalue weighted by molar-refractivity contribution is 9.10. The van der Waals surface area contributed by atoms with Crippen molar-refractivity contribution in [3.63, 3.8) is 0 Å². The quantitative estimate of drug-likeness (QED) is 0.908. The third-order valence-electron chi connectivity index (χ3n) is 2.50. The van der Waals surface area contributed by atoms with Crippen LogP contribution < -0.4 is 5.32 Å². The van der Waals surface area contributed by atoms with Crippen LogP contribution >= 0.6 is 27.3 Å². The van der Waals surface area contributed by atoms with Crippen molar-refractivity contribution >= 4 is 27.3 Å². The Balaban J connectivity index is 2.24. The molecule has 0 fully saturated rings. The van der Waals surface area contributed by atoms with Crippen LogP contribution in [0.4, 0.5) is 0 Å². The normalized spacial score (nSPS) is 12.6. The molecule has 1 atom stereocenters. The molecular formula is C13H14BrNOS. The second-order valence-electron chi connectivity index (χ2n) is 3.85. The summed E-state index contributed by atoms with van der Waals surface area (Å²) in [6.07, 6.45) is -0.539. The van der Waals surface area contributed by atoms with E-state index in [1.807, 2.05) is 36.7 Å². The third-order valence-corrected chi connectivity index (χ3v) is 4.25. The van der Waals surface area contributed by atoms with Gasteiger partial charge in [-0.2, -0.15) is 0 Å². The van der Waals surface area contributed by atoms with Crippen molar-refractivity contribution in [2.24, 2.45) is 0 Å². The molecule has 1 aromatic carbocycles. The van der Waals surface area contributed by atoms with E-state index >= 15 is 0 Å². The minimum absolute atomic E-state index is 0.539. The highest BCUT2D eigenvalue weighted by Crippen LogP contribution is 2.30. The molecule has 2 nitrogen and oxygen atoms in total. The zero-order valence-electron chi connectivity index (χ0n) is 9.48. The van der Waals surface area contributed by atoms with Crippen LogP contribution in [-0.2, 0) is 6.54 Å². The Hall–Kier alpha value is -0.680. The van der Waals surface area contributed by atoms with Gasteiger partial charge >= 0.3 is 0 Å². The van der Waals surface area contributed by atoms with Crippen LogP contribution in [0.25, 0.3) is 0 Å². The largest absolute Gasteiger partial charge is 0.383 e. The van der Waals surface area contributed by atoms with Gasteiger partial charge in [0.1, 0.15) is 6.10 Å². The molecule has 1 aromatic heterocycles. The van der Waals surface area contributed by atoms with E-state index in [0.717, 1.165) is 21.5 Å². The van der Waals surface area contributed by atoms with Gasteiger partial charge < -0.3 is 10.4 Å². The monoisotopic (exact) mass is 311 g/mol. The Morgan fingerprint density at radius 2 is 2.24 bits per heavy atom. The molecule has 0 aliphatic rings. The van der Waals surface area contributed by atoms with Crippen molar-refractivity contribution in [3.8, 4) is 0 Å². The number of benzene rings is 1. The van der Waals surface area contributed by atoms with Gasteiger partial charge in [-0.15, -0.1) is 11.3 Å². The second kappa shape index (κ2) is 5.78. The lowest BCUT2D eigenvalue weighted by atomic mass is 10.0. The van der Waals surface area contributed by atoms with Crippen LogP contribution in [0.3, 0.4) is 0 Å². The summed E-state index contributed by atoms with van der Waals surface area (Å²) in [6, 6.07) is 9.98. The van der Waals surface area contributed by atoms with Crippen LogP contribution in [0.5, 0.6) is 0 Å². The molecule has 0 amide bonds. The number of thiophene rings is 1. The molecule has 0 bridgehead atoms. The van der Waals surface area contributed by atoms with Crippen molar-refractivity contribution in [2.45, 2.75) is 12.6 Å². The average molecular weight is 312 g/mol. The van der Waals surface area contributed by atoms with E-state index in [0.29, 0.717) is 0 Å². The molecule has 0 radical (unpaired) electrons. The van der Waals surface area contributed by atoms with E-state index in [1.54, 1.807) is 11.3 Å². The third kappa shape index (κ3) is 3.16. The van der Waals surface area contributed by atoms with Crippen LogP contribution in [0.15, 0.2) is 40.2 Å². The predicted octanol–water partition coefficient (Wildman–Crippen LogP) is 3.31. The fraction of sp³-hybridized carbons (Fsp3) is 0.231. The van der Waals surface area contributed by atoms with Crippen LogP contribution in [-0.4, -0.2) is 12.2 Å². The molecule has 17 heavy (non-hydrogen) atoms. The standard InChI is InChI=1S/C13H14BrNOS/c1-15-7-9-3-2-4-10(5-9)13(16)12-6-11(14)8-17-12/h2-6,8,13,15-16H,7H2,1H3. The van der Waals surface area contributed by atoms with Gasteiger partial charge in [-0.1, -0.05) is 24.3 Å². The van der Waals surface area contributed by atoms with E-state index in [9.17, 15) is 5.11 Å². The maximum Gasteiger partial charge on any atom is 0.113 e. The molecule has 1 heterocycles. The molecule has 0 spiro atoms. The summed E-state index contributed by atoms with van der Waals surface area (Å²) in [7, 11) is 1.92. The van der Waals surface area contributed by atoms with Gasteiger partial charge in [0.2, 0.25) is 0 Å². The number of hydrogen-bond donors (Lipinski definition) is 2. The van der Waals surface area contributed by atoms with Crippen molar-refractivity contribution < 1.29 is 5.11 Å². The van der Waals surface area contributed by atoms with E-state index < -0.39 is 6.10 Å². The molecule has 4 heteroatoms. The summed E-state index contributed by atoms with van der Waals surface area (Å²) >= 11 is 4.96. The van der Waals surface area contributed by atoms with Crippen LogP contribution in [0, 0.1) is 0 Å². The Bertz CT molecular complexity index is 498. The van der Waals surface area contributed by atoms with Crippen molar-refractivity contribution in [1.82, 2.24) is 5.32 Å². The molecule has 1 unspecified atom stereocenters. The molecule has 0 aliphatic heterocycles. The number of aliphatic hydroxyl groups is 1. The summed E-state index contributed by atoms with van der Waals surface area (Å²) in [5.41, 5.74) is 2.12. The first-order valence-corrected chi connectivity index (χ1v) is 7.03. The molecular weight excluding hydrogens is 298 g/mol. The van der Waals surface area contributed by atoms with Crippen molar-refractivity contribution in [2.75, 3.05) is 7.05 Å². The Labute approximate surface area is 113 Å². The lowest BCUT2D eigenvalue weighted by molar-refractivity contribution is 0.224. The highest BCUT2D eigenvalue weighted by atomic mass is 79.9. The zero-order valence-corrected chi connectivity index (χ0v) is 11.9. The first-order valence-electron chi connectivity index (χ1n) is 5.36. The molecule has 2 rings (SSSR count). The summed E-state index contributed by atoms with van der Waals surface area (Å²) in [5, 5.41) is 15.4. The van der Waals surface area contributed by atoms with Gasteiger partial charge in [0.15, 0.2) is 0 Å². The molecule has 0 saturated carbocycles. The lowest BCUT2D eigenvalue weighted by Gasteiger charge is -2.10. The van der Waals surface area contributed by atoms with Gasteiger partial charge in [-0.05, 0) is 40.2 Å². The number of rotatable bonds is 4. The van der Waals surface area contributed by atoms with Crippen molar-refractivity contribution in [1.29, 1.82) is 0 Å². The fourth-order valence-electron chi connectivity index (χ4n) is 1.71. The van der Waals surface area contributed by atoms with Gasteiger partial charge in [0, 0.05) is 21.3 Å². The predicted molar refractivity (Wildman–Crippen MR) is 75.3 cm³/mol. The maximum absolute atomic E-state index is 10.3. The molecule has 2 aromatic rings. The van der Waals surface area contributed by atoms with Crippen LogP contribution in [0.2, 0.25) is 0 Å². The van der Waals surface area contributed by atoms with E-state index in [-0.39, 0.29) is 0 Å². The van der Waals surface area contributed by atoms with Gasteiger partial charge in [-0.25, -0.2) is 0 Å². The molecule has 0 saturated heterocycles. The summed E-state index contributed by atoms with van der Waals surface area (Å²) in [4.78, 5) is 0.957. The Morgan fingerprint density at radius 3 is 2.88 bits per heavy atom. The van der Waals surface area contributed by atoms with E-state index in [2.05, 4.69) is 27.3 Å².